The lowest BCUT2D eigenvalue weighted by molar-refractivity contribution is -0.148. The molecule has 0 atom stereocenters. The molecule has 0 radical (unpaired) electrons. The van der Waals surface area contributed by atoms with Gasteiger partial charge < -0.3 is 15.4 Å². The van der Waals surface area contributed by atoms with Crippen molar-refractivity contribution < 1.29 is 14.7 Å². The number of H-pyrrole nitrogens is 1. The third-order valence-electron chi connectivity index (χ3n) is 4.28. The molecule has 2 fully saturated rings. The smallest absolute Gasteiger partial charge is 0.329 e. The van der Waals surface area contributed by atoms with Crippen molar-refractivity contribution in [3.05, 3.63) is 27.4 Å². The first-order chi connectivity index (χ1) is 9.93. The van der Waals surface area contributed by atoms with Gasteiger partial charge in [-0.15, -0.1) is 0 Å². The van der Waals surface area contributed by atoms with Crippen molar-refractivity contribution in [3.63, 3.8) is 0 Å². The van der Waals surface area contributed by atoms with Gasteiger partial charge in [0.2, 0.25) is 0 Å². The number of hydrogen-bond acceptors (Lipinski definition) is 4. The number of aromatic amines is 1. The maximum Gasteiger partial charge on any atom is 0.329 e. The van der Waals surface area contributed by atoms with Gasteiger partial charge in [-0.05, 0) is 39.0 Å². The summed E-state index contributed by atoms with van der Waals surface area (Å²) in [7, 11) is 0. The Balaban J connectivity index is 1.88. The van der Waals surface area contributed by atoms with Crippen LogP contribution in [0.5, 0.6) is 0 Å². The number of aliphatic carboxylic acids is 1. The van der Waals surface area contributed by atoms with Crippen molar-refractivity contribution >= 4 is 11.9 Å². The van der Waals surface area contributed by atoms with Crippen molar-refractivity contribution in [1.82, 2.24) is 15.3 Å². The first-order valence-corrected chi connectivity index (χ1v) is 7.10. The molecule has 112 valence electrons. The molecule has 3 rings (SSSR count). The number of nitrogens with zero attached hydrogens (tertiary/aromatic N) is 1. The van der Waals surface area contributed by atoms with Gasteiger partial charge in [-0.3, -0.25) is 9.59 Å². The Bertz CT molecular complexity index is 671. The lowest BCUT2D eigenvalue weighted by Gasteiger charge is -2.38. The van der Waals surface area contributed by atoms with E-state index in [1.807, 2.05) is 0 Å². The van der Waals surface area contributed by atoms with Gasteiger partial charge >= 0.3 is 5.97 Å². The maximum absolute atomic E-state index is 12.3. The van der Waals surface area contributed by atoms with Gasteiger partial charge in [0.05, 0.1) is 5.69 Å². The Hall–Kier alpha value is -2.18. The zero-order valence-electron chi connectivity index (χ0n) is 11.7. The first-order valence-electron chi connectivity index (χ1n) is 7.10. The van der Waals surface area contributed by atoms with Gasteiger partial charge in [0.15, 0.2) is 0 Å². The minimum Gasteiger partial charge on any atom is -0.480 e. The van der Waals surface area contributed by atoms with Crippen LogP contribution in [-0.4, -0.2) is 32.5 Å². The number of aryl methyl sites for hydroxylation is 1. The Kier molecular flexibility index (Phi) is 3.07. The van der Waals surface area contributed by atoms with Gasteiger partial charge in [-0.25, -0.2) is 9.78 Å². The van der Waals surface area contributed by atoms with Gasteiger partial charge in [-0.1, -0.05) is 0 Å². The van der Waals surface area contributed by atoms with Crippen LogP contribution >= 0.6 is 0 Å². The molecule has 0 saturated heterocycles. The molecule has 2 saturated carbocycles. The molecular formula is C14H17N3O4. The summed E-state index contributed by atoms with van der Waals surface area (Å²) in [6.45, 7) is 1.60. The average molecular weight is 291 g/mol. The molecule has 21 heavy (non-hydrogen) atoms. The standard InChI is InChI=1S/C14H17N3O4/c1-7-9(11(18)16-10(15-7)8-3-4-8)12(19)17-14(13(20)21)5-2-6-14/h8H,2-6H2,1H3,(H,17,19)(H,20,21)(H,15,16,18). The molecule has 3 N–H and O–H groups in total. The van der Waals surface area contributed by atoms with E-state index in [4.69, 9.17) is 0 Å². The number of rotatable bonds is 4. The SMILES string of the molecule is Cc1nc(C2CC2)[nH]c(=O)c1C(=O)NC1(C(=O)O)CCC1. The normalized spacial score (nSPS) is 19.7. The fourth-order valence-corrected chi connectivity index (χ4v) is 2.63. The van der Waals surface area contributed by atoms with E-state index in [-0.39, 0.29) is 11.5 Å². The molecule has 1 aromatic rings. The summed E-state index contributed by atoms with van der Waals surface area (Å²) < 4.78 is 0. The second-order valence-electron chi connectivity index (χ2n) is 5.88. The van der Waals surface area contributed by atoms with Crippen LogP contribution in [0.1, 0.15) is 59.9 Å². The van der Waals surface area contributed by atoms with Crippen molar-refractivity contribution in [2.75, 3.05) is 0 Å². The van der Waals surface area contributed by atoms with Gasteiger partial charge in [0.1, 0.15) is 16.9 Å². The van der Waals surface area contributed by atoms with Crippen LogP contribution in [0, 0.1) is 6.92 Å². The summed E-state index contributed by atoms with van der Waals surface area (Å²) in [6, 6.07) is 0. The zero-order chi connectivity index (χ0) is 15.2. The van der Waals surface area contributed by atoms with E-state index >= 15 is 0 Å². The third kappa shape index (κ3) is 2.32. The largest absolute Gasteiger partial charge is 0.480 e. The number of carbonyl (C=O) groups is 2. The Morgan fingerprint density at radius 1 is 1.38 bits per heavy atom. The highest BCUT2D eigenvalue weighted by Gasteiger charge is 2.46. The molecule has 0 unspecified atom stereocenters. The van der Waals surface area contributed by atoms with Gasteiger partial charge in [-0.2, -0.15) is 0 Å². The molecular weight excluding hydrogens is 274 g/mol. The number of carbonyl (C=O) groups excluding carboxylic acids is 1. The van der Waals surface area contributed by atoms with Crippen LogP contribution in [0.25, 0.3) is 0 Å². The van der Waals surface area contributed by atoms with E-state index in [1.54, 1.807) is 6.92 Å². The van der Waals surface area contributed by atoms with Crippen molar-refractivity contribution in [2.24, 2.45) is 0 Å². The molecule has 1 amide bonds. The average Bonchev–Trinajstić information content (AvgIpc) is 3.16. The monoisotopic (exact) mass is 291 g/mol. The molecule has 0 bridgehead atoms. The number of amides is 1. The second-order valence-corrected chi connectivity index (χ2v) is 5.88. The predicted molar refractivity (Wildman–Crippen MR) is 73.3 cm³/mol. The Morgan fingerprint density at radius 2 is 2.05 bits per heavy atom. The van der Waals surface area contributed by atoms with E-state index in [0.29, 0.717) is 24.4 Å². The lowest BCUT2D eigenvalue weighted by Crippen LogP contribution is -2.59. The molecule has 0 aromatic carbocycles. The minimum absolute atomic E-state index is 0.0908. The quantitative estimate of drug-likeness (QED) is 0.755. The molecule has 0 aliphatic heterocycles. The molecule has 7 nitrogen and oxygen atoms in total. The predicted octanol–water partition coefficient (Wildman–Crippen LogP) is 0.693. The maximum atomic E-state index is 12.3. The van der Waals surface area contributed by atoms with E-state index in [1.165, 1.54) is 0 Å². The molecule has 2 aliphatic carbocycles. The fourth-order valence-electron chi connectivity index (χ4n) is 2.63. The van der Waals surface area contributed by atoms with Crippen LogP contribution in [0.2, 0.25) is 0 Å². The molecule has 2 aliphatic rings. The van der Waals surface area contributed by atoms with E-state index in [0.717, 1.165) is 19.3 Å². The summed E-state index contributed by atoms with van der Waals surface area (Å²) in [6.07, 6.45) is 3.52. The Morgan fingerprint density at radius 3 is 2.48 bits per heavy atom. The summed E-state index contributed by atoms with van der Waals surface area (Å²) in [4.78, 5) is 42.5. The highest BCUT2D eigenvalue weighted by atomic mass is 16.4. The highest BCUT2D eigenvalue weighted by Crippen LogP contribution is 2.37. The van der Waals surface area contributed by atoms with Crippen LogP contribution in [0.4, 0.5) is 0 Å². The summed E-state index contributed by atoms with van der Waals surface area (Å²) in [5.41, 5.74) is -1.47. The van der Waals surface area contributed by atoms with Crippen LogP contribution in [0.15, 0.2) is 4.79 Å². The fraction of sp³-hybridized carbons (Fsp3) is 0.571. The van der Waals surface area contributed by atoms with Crippen LogP contribution in [0.3, 0.4) is 0 Å². The number of hydrogen-bond donors (Lipinski definition) is 3. The van der Waals surface area contributed by atoms with Crippen molar-refractivity contribution in [2.45, 2.75) is 50.5 Å². The van der Waals surface area contributed by atoms with E-state index < -0.39 is 23.0 Å². The molecule has 7 heteroatoms. The van der Waals surface area contributed by atoms with Gasteiger partial charge in [0.25, 0.3) is 11.5 Å². The zero-order valence-corrected chi connectivity index (χ0v) is 11.7. The van der Waals surface area contributed by atoms with Crippen LogP contribution in [-0.2, 0) is 4.79 Å². The van der Waals surface area contributed by atoms with Crippen molar-refractivity contribution in [3.8, 4) is 0 Å². The lowest BCUT2D eigenvalue weighted by atomic mass is 9.76. The van der Waals surface area contributed by atoms with Crippen LogP contribution < -0.4 is 10.9 Å². The second kappa shape index (κ2) is 4.68. The van der Waals surface area contributed by atoms with Crippen molar-refractivity contribution in [1.29, 1.82) is 0 Å². The highest BCUT2D eigenvalue weighted by molar-refractivity contribution is 5.98. The topological polar surface area (TPSA) is 112 Å². The summed E-state index contributed by atoms with van der Waals surface area (Å²) >= 11 is 0. The first kappa shape index (κ1) is 13.8. The molecule has 1 aromatic heterocycles. The summed E-state index contributed by atoms with van der Waals surface area (Å²) in [5, 5.41) is 11.7. The van der Waals surface area contributed by atoms with Gasteiger partial charge in [0, 0.05) is 5.92 Å². The molecule has 0 spiro atoms. The summed E-state index contributed by atoms with van der Waals surface area (Å²) in [5.74, 6) is -0.819. The number of nitrogens with one attached hydrogen (secondary N) is 2. The number of carboxylic acids is 1. The third-order valence-corrected chi connectivity index (χ3v) is 4.28. The minimum atomic E-state index is -1.23. The molecule has 1 heterocycles. The van der Waals surface area contributed by atoms with E-state index in [9.17, 15) is 19.5 Å². The Labute approximate surface area is 120 Å². The number of aromatic nitrogens is 2. The van der Waals surface area contributed by atoms with E-state index in [2.05, 4.69) is 15.3 Å². The number of carboxylic acid groups (broad SMARTS) is 1.